The van der Waals surface area contributed by atoms with Crippen molar-refractivity contribution in [2.75, 3.05) is 39.5 Å². The first-order chi connectivity index (χ1) is 9.29. The number of nitrogens with zero attached hydrogens (tertiary/aromatic N) is 4. The van der Waals surface area contributed by atoms with Crippen LogP contribution in [-0.2, 0) is 6.54 Å². The highest BCUT2D eigenvalue weighted by Crippen LogP contribution is 2.26. The molecule has 2 N–H and O–H groups in total. The van der Waals surface area contributed by atoms with Gasteiger partial charge in [-0.15, -0.1) is 11.3 Å². The van der Waals surface area contributed by atoms with Gasteiger partial charge in [-0.1, -0.05) is 0 Å². The number of thiazole rings is 1. The molecule has 20 heavy (non-hydrogen) atoms. The summed E-state index contributed by atoms with van der Waals surface area (Å²) >= 11 is 1.53. The Morgan fingerprint density at radius 1 is 1.50 bits per heavy atom. The van der Waals surface area contributed by atoms with Crippen LogP contribution in [0.4, 0.5) is 9.93 Å². The van der Waals surface area contributed by atoms with Crippen LogP contribution in [0.25, 0.3) is 0 Å². The maximum absolute atomic E-state index is 12.1. The zero-order valence-corrected chi connectivity index (χ0v) is 13.4. The number of urea groups is 1. The molecule has 0 aliphatic carbocycles. The molecule has 0 bridgehead atoms. The molecule has 1 aliphatic heterocycles. The molecule has 1 fully saturated rings. The number of rotatable bonds is 2. The molecule has 1 aliphatic rings. The average molecular weight is 297 g/mol. The summed E-state index contributed by atoms with van der Waals surface area (Å²) in [5, 5.41) is 0.610. The topological polar surface area (TPSA) is 65.7 Å². The largest absolute Gasteiger partial charge is 0.375 e. The number of aromatic nitrogens is 1. The van der Waals surface area contributed by atoms with E-state index in [9.17, 15) is 4.79 Å². The van der Waals surface area contributed by atoms with Gasteiger partial charge in [-0.3, -0.25) is 4.90 Å². The van der Waals surface area contributed by atoms with Crippen molar-refractivity contribution in [3.8, 4) is 0 Å². The summed E-state index contributed by atoms with van der Waals surface area (Å²) in [6.07, 6.45) is 1.84. The first-order valence-corrected chi connectivity index (χ1v) is 7.53. The van der Waals surface area contributed by atoms with Crippen molar-refractivity contribution in [2.24, 2.45) is 0 Å². The molecule has 1 saturated heterocycles. The van der Waals surface area contributed by atoms with Gasteiger partial charge >= 0.3 is 6.03 Å². The highest BCUT2D eigenvalue weighted by Gasteiger charge is 2.36. The number of carbonyl (C=O) groups is 1. The van der Waals surface area contributed by atoms with E-state index in [0.29, 0.717) is 5.13 Å². The van der Waals surface area contributed by atoms with Crippen LogP contribution in [0.15, 0.2) is 6.20 Å². The standard InChI is InChI=1S/C13H23N5OS/c1-13(2)9-17(12(19)16(3)4)5-6-18(13)8-10-7-15-11(14)20-10/h7H,5-6,8-9H2,1-4H3,(H2,14,15). The predicted molar refractivity (Wildman–Crippen MR) is 81.7 cm³/mol. The van der Waals surface area contributed by atoms with E-state index in [1.807, 2.05) is 11.1 Å². The summed E-state index contributed by atoms with van der Waals surface area (Å²) in [6.45, 7) is 7.54. The molecule has 6 nitrogen and oxygen atoms in total. The predicted octanol–water partition coefficient (Wildman–Crippen LogP) is 1.30. The lowest BCUT2D eigenvalue weighted by atomic mass is 9.99. The number of nitrogen functional groups attached to an aromatic ring is 1. The first-order valence-electron chi connectivity index (χ1n) is 6.71. The number of hydrogen-bond acceptors (Lipinski definition) is 5. The molecule has 0 spiro atoms. The molecule has 1 aromatic heterocycles. The van der Waals surface area contributed by atoms with Crippen LogP contribution in [-0.4, -0.2) is 65.0 Å². The molecule has 0 radical (unpaired) electrons. The smallest absolute Gasteiger partial charge is 0.319 e. The molecule has 2 amide bonds. The zero-order chi connectivity index (χ0) is 14.9. The van der Waals surface area contributed by atoms with Gasteiger partial charge < -0.3 is 15.5 Å². The molecular formula is C13H23N5OS. The lowest BCUT2D eigenvalue weighted by molar-refractivity contribution is 0.0252. The van der Waals surface area contributed by atoms with Gasteiger partial charge in [0.05, 0.1) is 0 Å². The molecule has 0 atom stereocenters. The highest BCUT2D eigenvalue weighted by atomic mass is 32.1. The number of piperazine rings is 1. The maximum Gasteiger partial charge on any atom is 0.319 e. The minimum Gasteiger partial charge on any atom is -0.375 e. The molecule has 2 rings (SSSR count). The second kappa shape index (κ2) is 5.57. The molecule has 112 valence electrons. The van der Waals surface area contributed by atoms with Crippen molar-refractivity contribution in [2.45, 2.75) is 25.9 Å². The maximum atomic E-state index is 12.1. The van der Waals surface area contributed by atoms with E-state index in [1.165, 1.54) is 16.2 Å². The number of anilines is 1. The number of carbonyl (C=O) groups excluding carboxylic acids is 1. The third-order valence-corrected chi connectivity index (χ3v) is 4.46. The fourth-order valence-electron chi connectivity index (χ4n) is 2.51. The van der Waals surface area contributed by atoms with Crippen molar-refractivity contribution in [3.05, 3.63) is 11.1 Å². The Balaban J connectivity index is 2.02. The SMILES string of the molecule is CN(C)C(=O)N1CCN(Cc2cnc(N)s2)C(C)(C)C1. The quantitative estimate of drug-likeness (QED) is 0.893. The fourth-order valence-corrected chi connectivity index (χ4v) is 3.21. The number of amides is 2. The summed E-state index contributed by atoms with van der Waals surface area (Å²) in [5.41, 5.74) is 5.62. The molecule has 0 unspecified atom stereocenters. The van der Waals surface area contributed by atoms with Crippen molar-refractivity contribution in [3.63, 3.8) is 0 Å². The van der Waals surface area contributed by atoms with Crippen LogP contribution in [0.2, 0.25) is 0 Å². The summed E-state index contributed by atoms with van der Waals surface area (Å²) in [5.74, 6) is 0. The first kappa shape index (κ1) is 15.1. The van der Waals surface area contributed by atoms with Gasteiger partial charge in [-0.05, 0) is 13.8 Å². The molecule has 0 aromatic carbocycles. The summed E-state index contributed by atoms with van der Waals surface area (Å²) < 4.78 is 0. The Morgan fingerprint density at radius 2 is 2.20 bits per heavy atom. The van der Waals surface area contributed by atoms with Crippen LogP contribution in [0.3, 0.4) is 0 Å². The Hall–Kier alpha value is -1.34. The summed E-state index contributed by atoms with van der Waals surface area (Å²) in [7, 11) is 3.59. The van der Waals surface area contributed by atoms with Gasteiger partial charge in [0.15, 0.2) is 5.13 Å². The Bertz CT molecular complexity index is 485. The highest BCUT2D eigenvalue weighted by molar-refractivity contribution is 7.15. The summed E-state index contributed by atoms with van der Waals surface area (Å²) in [4.78, 5) is 23.3. The number of nitrogens with two attached hydrogens (primary N) is 1. The molecule has 2 heterocycles. The summed E-state index contributed by atoms with van der Waals surface area (Å²) in [6, 6.07) is 0.0831. The Kier molecular flexibility index (Phi) is 4.19. The lowest BCUT2D eigenvalue weighted by Crippen LogP contribution is -2.61. The second-order valence-corrected chi connectivity index (χ2v) is 7.14. The Morgan fingerprint density at radius 3 is 2.70 bits per heavy atom. The molecule has 7 heteroatoms. The van der Waals surface area contributed by atoms with E-state index < -0.39 is 0 Å². The van der Waals surface area contributed by atoms with Gasteiger partial charge in [0.1, 0.15) is 0 Å². The van der Waals surface area contributed by atoms with Gasteiger partial charge in [0, 0.05) is 56.9 Å². The van der Waals surface area contributed by atoms with Crippen molar-refractivity contribution in [1.29, 1.82) is 0 Å². The van der Waals surface area contributed by atoms with E-state index >= 15 is 0 Å². The third-order valence-electron chi connectivity index (χ3n) is 3.64. The van der Waals surface area contributed by atoms with Crippen LogP contribution in [0, 0.1) is 0 Å². The van der Waals surface area contributed by atoms with Crippen LogP contribution in [0.5, 0.6) is 0 Å². The van der Waals surface area contributed by atoms with E-state index in [2.05, 4.69) is 23.7 Å². The van der Waals surface area contributed by atoms with Crippen LogP contribution >= 0.6 is 11.3 Å². The monoisotopic (exact) mass is 297 g/mol. The van der Waals surface area contributed by atoms with E-state index in [4.69, 9.17) is 5.73 Å². The molecule has 0 saturated carbocycles. The molecular weight excluding hydrogens is 274 g/mol. The van der Waals surface area contributed by atoms with Crippen molar-refractivity contribution >= 4 is 22.5 Å². The van der Waals surface area contributed by atoms with Crippen LogP contribution in [0.1, 0.15) is 18.7 Å². The minimum atomic E-state index is -0.0529. The van der Waals surface area contributed by atoms with Crippen molar-refractivity contribution in [1.82, 2.24) is 19.7 Å². The van der Waals surface area contributed by atoms with Gasteiger partial charge in [-0.25, -0.2) is 9.78 Å². The van der Waals surface area contributed by atoms with Gasteiger partial charge in [0.2, 0.25) is 0 Å². The van der Waals surface area contributed by atoms with E-state index in [1.54, 1.807) is 19.0 Å². The van der Waals surface area contributed by atoms with Gasteiger partial charge in [-0.2, -0.15) is 0 Å². The second-order valence-electron chi connectivity index (χ2n) is 6.00. The average Bonchev–Trinajstić information content (AvgIpc) is 2.76. The number of hydrogen-bond donors (Lipinski definition) is 1. The van der Waals surface area contributed by atoms with Gasteiger partial charge in [0.25, 0.3) is 0 Å². The minimum absolute atomic E-state index is 0.0529. The van der Waals surface area contributed by atoms with E-state index in [0.717, 1.165) is 26.2 Å². The fraction of sp³-hybridized carbons (Fsp3) is 0.692. The lowest BCUT2D eigenvalue weighted by Gasteiger charge is -2.47. The third kappa shape index (κ3) is 3.21. The zero-order valence-electron chi connectivity index (χ0n) is 12.6. The Labute approximate surface area is 124 Å². The van der Waals surface area contributed by atoms with E-state index in [-0.39, 0.29) is 11.6 Å². The van der Waals surface area contributed by atoms with Crippen molar-refractivity contribution < 1.29 is 4.79 Å². The normalized spacial score (nSPS) is 19.1. The molecule has 1 aromatic rings. The van der Waals surface area contributed by atoms with Crippen LogP contribution < -0.4 is 5.73 Å².